The van der Waals surface area contributed by atoms with Crippen LogP contribution in [0.4, 0.5) is 5.69 Å². The van der Waals surface area contributed by atoms with Gasteiger partial charge < -0.3 is 9.30 Å². The van der Waals surface area contributed by atoms with Crippen LogP contribution in [0.5, 0.6) is 0 Å². The second kappa shape index (κ2) is 6.01. The Balaban J connectivity index is 1.68. The molecule has 1 saturated carbocycles. The molecule has 0 saturated heterocycles. The van der Waals surface area contributed by atoms with Gasteiger partial charge in [-0.05, 0) is 31.0 Å². The van der Waals surface area contributed by atoms with Gasteiger partial charge in [-0.2, -0.15) is 0 Å². The van der Waals surface area contributed by atoms with Gasteiger partial charge in [0.2, 0.25) is 0 Å². The molecule has 1 aromatic carbocycles. The topological polar surface area (TPSA) is 80.8 Å². The SMILES string of the molecule is O=C(c1ccccc1[N+](=O)[O-])N(Cc1cnc2ccccn12)C1CC1. The van der Waals surface area contributed by atoms with Gasteiger partial charge in [0.15, 0.2) is 0 Å². The van der Waals surface area contributed by atoms with Gasteiger partial charge >= 0.3 is 0 Å². The van der Waals surface area contributed by atoms with Crippen molar-refractivity contribution in [1.82, 2.24) is 14.3 Å². The molecule has 2 heterocycles. The van der Waals surface area contributed by atoms with E-state index in [9.17, 15) is 14.9 Å². The number of benzene rings is 1. The molecule has 1 fully saturated rings. The molecule has 1 aliphatic rings. The number of amides is 1. The number of nitro groups is 1. The number of carbonyl (C=O) groups excluding carboxylic acids is 1. The Labute approximate surface area is 143 Å². The molecule has 7 heteroatoms. The molecule has 0 spiro atoms. The lowest BCUT2D eigenvalue weighted by atomic mass is 10.1. The smallest absolute Gasteiger partial charge is 0.282 e. The number of hydrogen-bond donors (Lipinski definition) is 0. The highest BCUT2D eigenvalue weighted by Gasteiger charge is 2.35. The van der Waals surface area contributed by atoms with E-state index in [-0.39, 0.29) is 23.2 Å². The number of imidazole rings is 1. The Morgan fingerprint density at radius 3 is 2.76 bits per heavy atom. The number of fused-ring (bicyclic) bond motifs is 1. The zero-order chi connectivity index (χ0) is 17.4. The summed E-state index contributed by atoms with van der Waals surface area (Å²) < 4.78 is 1.93. The number of rotatable bonds is 5. The summed E-state index contributed by atoms with van der Waals surface area (Å²) in [5.41, 5.74) is 1.67. The lowest BCUT2D eigenvalue weighted by molar-refractivity contribution is -0.385. The van der Waals surface area contributed by atoms with Crippen LogP contribution in [-0.2, 0) is 6.54 Å². The van der Waals surface area contributed by atoms with Gasteiger partial charge in [0.05, 0.1) is 23.4 Å². The Morgan fingerprint density at radius 1 is 1.24 bits per heavy atom. The minimum Gasteiger partial charge on any atom is -0.330 e. The standard InChI is InChI=1S/C18H16N4O3/c23-18(15-5-1-2-6-16(15)22(24)25)21(13-8-9-13)12-14-11-19-17-7-3-4-10-20(14)17/h1-7,10-11,13H,8-9,12H2. The highest BCUT2D eigenvalue weighted by Crippen LogP contribution is 2.31. The summed E-state index contributed by atoms with van der Waals surface area (Å²) in [6, 6.07) is 11.9. The second-order valence-electron chi connectivity index (χ2n) is 6.12. The van der Waals surface area contributed by atoms with Gasteiger partial charge in [-0.25, -0.2) is 4.98 Å². The third-order valence-corrected chi connectivity index (χ3v) is 4.41. The summed E-state index contributed by atoms with van der Waals surface area (Å²) in [6.07, 6.45) is 5.49. The van der Waals surface area contributed by atoms with Crippen LogP contribution in [0.15, 0.2) is 54.9 Å². The molecule has 0 bridgehead atoms. The number of hydrogen-bond acceptors (Lipinski definition) is 4. The van der Waals surface area contributed by atoms with E-state index in [2.05, 4.69) is 4.98 Å². The summed E-state index contributed by atoms with van der Waals surface area (Å²) in [7, 11) is 0. The zero-order valence-electron chi connectivity index (χ0n) is 13.4. The van der Waals surface area contributed by atoms with Crippen LogP contribution in [0.25, 0.3) is 5.65 Å². The lowest BCUT2D eigenvalue weighted by Crippen LogP contribution is -2.33. The van der Waals surface area contributed by atoms with Crippen molar-refractivity contribution < 1.29 is 9.72 Å². The van der Waals surface area contributed by atoms with Crippen molar-refractivity contribution >= 4 is 17.2 Å². The quantitative estimate of drug-likeness (QED) is 0.530. The number of para-hydroxylation sites is 1. The first-order valence-electron chi connectivity index (χ1n) is 8.10. The third kappa shape index (κ3) is 2.84. The molecule has 126 valence electrons. The predicted molar refractivity (Wildman–Crippen MR) is 91.2 cm³/mol. The van der Waals surface area contributed by atoms with Gasteiger partial charge in [-0.3, -0.25) is 14.9 Å². The maximum Gasteiger partial charge on any atom is 0.282 e. The van der Waals surface area contributed by atoms with Crippen molar-refractivity contribution in [3.63, 3.8) is 0 Å². The molecular formula is C18H16N4O3. The zero-order valence-corrected chi connectivity index (χ0v) is 13.4. The summed E-state index contributed by atoms with van der Waals surface area (Å²) in [5, 5.41) is 11.2. The lowest BCUT2D eigenvalue weighted by Gasteiger charge is -2.22. The number of nitro benzene ring substituents is 1. The Morgan fingerprint density at radius 2 is 2.00 bits per heavy atom. The van der Waals surface area contributed by atoms with Crippen LogP contribution in [0.3, 0.4) is 0 Å². The monoisotopic (exact) mass is 336 g/mol. The fourth-order valence-electron chi connectivity index (χ4n) is 3.00. The summed E-state index contributed by atoms with van der Waals surface area (Å²) in [4.78, 5) is 29.8. The second-order valence-corrected chi connectivity index (χ2v) is 6.12. The van der Waals surface area contributed by atoms with Crippen molar-refractivity contribution in [2.45, 2.75) is 25.4 Å². The van der Waals surface area contributed by atoms with Crippen LogP contribution in [-0.4, -0.2) is 31.2 Å². The molecule has 1 amide bonds. The van der Waals surface area contributed by atoms with Gasteiger partial charge in [-0.15, -0.1) is 0 Å². The van der Waals surface area contributed by atoms with Crippen molar-refractivity contribution in [3.8, 4) is 0 Å². The van der Waals surface area contributed by atoms with E-state index in [1.54, 1.807) is 23.2 Å². The van der Waals surface area contributed by atoms with E-state index in [0.29, 0.717) is 6.54 Å². The maximum absolute atomic E-state index is 13.0. The molecule has 4 rings (SSSR count). The van der Waals surface area contributed by atoms with Crippen molar-refractivity contribution in [3.05, 3.63) is 76.2 Å². The predicted octanol–water partition coefficient (Wildman–Crippen LogP) is 3.05. The minimum atomic E-state index is -0.507. The molecule has 25 heavy (non-hydrogen) atoms. The van der Waals surface area contributed by atoms with Crippen LogP contribution < -0.4 is 0 Å². The number of carbonyl (C=O) groups is 1. The van der Waals surface area contributed by atoms with Gasteiger partial charge in [0, 0.05) is 18.3 Å². The largest absolute Gasteiger partial charge is 0.330 e. The highest BCUT2D eigenvalue weighted by molar-refractivity contribution is 5.98. The Bertz CT molecular complexity index is 962. The molecule has 7 nitrogen and oxygen atoms in total. The van der Waals surface area contributed by atoms with Gasteiger partial charge in [0.1, 0.15) is 11.2 Å². The molecule has 0 N–H and O–H groups in total. The molecule has 3 aromatic rings. The fourth-order valence-corrected chi connectivity index (χ4v) is 3.00. The van der Waals surface area contributed by atoms with Gasteiger partial charge in [-0.1, -0.05) is 18.2 Å². The number of nitrogens with zero attached hydrogens (tertiary/aromatic N) is 4. The van der Waals surface area contributed by atoms with Crippen LogP contribution in [0.2, 0.25) is 0 Å². The summed E-state index contributed by atoms with van der Waals surface area (Å²) >= 11 is 0. The Hall–Kier alpha value is -3.22. The van der Waals surface area contributed by atoms with Crippen LogP contribution in [0.1, 0.15) is 28.9 Å². The first kappa shape index (κ1) is 15.3. The maximum atomic E-state index is 13.0. The summed E-state index contributed by atoms with van der Waals surface area (Å²) in [6.45, 7) is 0.376. The normalized spacial score (nSPS) is 13.8. The number of pyridine rings is 1. The van der Waals surface area contributed by atoms with Crippen molar-refractivity contribution in [2.24, 2.45) is 0 Å². The minimum absolute atomic E-state index is 0.126. The average Bonchev–Trinajstić information content (AvgIpc) is 3.40. The van der Waals surface area contributed by atoms with E-state index in [1.165, 1.54) is 12.1 Å². The molecule has 2 aromatic heterocycles. The number of aromatic nitrogens is 2. The first-order chi connectivity index (χ1) is 12.1. The van der Waals surface area contributed by atoms with Crippen LogP contribution >= 0.6 is 0 Å². The first-order valence-corrected chi connectivity index (χ1v) is 8.10. The molecule has 0 atom stereocenters. The highest BCUT2D eigenvalue weighted by atomic mass is 16.6. The van der Waals surface area contributed by atoms with Crippen molar-refractivity contribution in [2.75, 3.05) is 0 Å². The van der Waals surface area contributed by atoms with Crippen molar-refractivity contribution in [1.29, 1.82) is 0 Å². The molecule has 0 aliphatic heterocycles. The molecule has 0 radical (unpaired) electrons. The molecular weight excluding hydrogens is 320 g/mol. The van der Waals surface area contributed by atoms with Gasteiger partial charge in [0.25, 0.3) is 11.6 Å². The average molecular weight is 336 g/mol. The van der Waals surface area contributed by atoms with E-state index < -0.39 is 4.92 Å². The Kier molecular flexibility index (Phi) is 3.68. The van der Waals surface area contributed by atoms with E-state index in [4.69, 9.17) is 0 Å². The van der Waals surface area contributed by atoms with Crippen LogP contribution in [0, 0.1) is 10.1 Å². The van der Waals surface area contributed by atoms with E-state index in [1.807, 2.05) is 28.8 Å². The van der Waals surface area contributed by atoms with E-state index in [0.717, 1.165) is 24.2 Å². The third-order valence-electron chi connectivity index (χ3n) is 4.41. The van der Waals surface area contributed by atoms with E-state index >= 15 is 0 Å². The molecule has 1 aliphatic carbocycles. The fraction of sp³-hybridized carbons (Fsp3) is 0.222. The summed E-state index contributed by atoms with van der Waals surface area (Å²) in [5.74, 6) is -0.305. The molecule has 0 unspecified atom stereocenters.